The van der Waals surface area contributed by atoms with Crippen LogP contribution in [0.4, 0.5) is 0 Å². The van der Waals surface area contributed by atoms with Crippen LogP contribution in [0.25, 0.3) is 0 Å². The number of benzene rings is 2. The van der Waals surface area contributed by atoms with Gasteiger partial charge in [0.2, 0.25) is 0 Å². The number of hydrogen-bond acceptors (Lipinski definition) is 8. The first kappa shape index (κ1) is 27.9. The molecule has 0 aliphatic carbocycles. The number of rotatable bonds is 11. The van der Waals surface area contributed by atoms with E-state index in [1.165, 1.54) is 36.7 Å². The average molecular weight is 520 g/mol. The molecule has 2 aromatic rings. The van der Waals surface area contributed by atoms with Gasteiger partial charge in [0.1, 0.15) is 11.5 Å². The van der Waals surface area contributed by atoms with Crippen LogP contribution in [0.1, 0.15) is 11.1 Å². The first-order valence-corrected chi connectivity index (χ1v) is 8.97. The number of halogens is 1. The molecule has 0 aromatic heterocycles. The van der Waals surface area contributed by atoms with Gasteiger partial charge in [0.15, 0.2) is 0 Å². The fourth-order valence-electron chi connectivity index (χ4n) is 2.30. The minimum atomic E-state index is -0.250. The Labute approximate surface area is 197 Å². The van der Waals surface area contributed by atoms with E-state index in [0.717, 1.165) is 13.1 Å². The summed E-state index contributed by atoms with van der Waals surface area (Å²) in [5, 5.41) is 47.9. The van der Waals surface area contributed by atoms with Crippen molar-refractivity contribution in [3.63, 3.8) is 0 Å². The van der Waals surface area contributed by atoms with E-state index >= 15 is 0 Å². The molecule has 0 saturated carbocycles. The topological polar surface area (TPSA) is 135 Å². The van der Waals surface area contributed by atoms with E-state index in [-0.39, 0.29) is 57.0 Å². The molecule has 0 bridgehead atoms. The van der Waals surface area contributed by atoms with Gasteiger partial charge >= 0.3 is 17.1 Å². The molecule has 0 heterocycles. The van der Waals surface area contributed by atoms with Gasteiger partial charge in [-0.15, -0.1) is 0 Å². The van der Waals surface area contributed by atoms with Crippen LogP contribution in [-0.4, -0.2) is 61.9 Å². The molecule has 0 unspecified atom stereocenters. The maximum atomic E-state index is 11.6. The van der Waals surface area contributed by atoms with Gasteiger partial charge in [0.05, 0.1) is 13.1 Å². The summed E-state index contributed by atoms with van der Waals surface area (Å²) in [5.74, 6) is -0.587. The molecule has 2 aromatic carbocycles. The number of nitrogens with zero attached hydrogens (tertiary/aromatic N) is 2. The maximum Gasteiger partial charge on any atom is 5.00 e. The van der Waals surface area contributed by atoms with Crippen molar-refractivity contribution in [1.82, 2.24) is 10.6 Å². The molecule has 30 heavy (non-hydrogen) atoms. The molecule has 161 valence electrons. The summed E-state index contributed by atoms with van der Waals surface area (Å²) in [4.78, 5) is 8.36. The monoisotopic (exact) mass is 519 g/mol. The molecular formula is C20H24BrFeN4O4+2. The van der Waals surface area contributed by atoms with E-state index in [1.807, 2.05) is 0 Å². The zero-order chi connectivity index (χ0) is 20.2. The Kier molecular flexibility index (Phi) is 14.6. The first-order valence-electron chi connectivity index (χ1n) is 8.97. The van der Waals surface area contributed by atoms with E-state index in [2.05, 4.69) is 20.6 Å². The van der Waals surface area contributed by atoms with Crippen molar-refractivity contribution in [1.29, 1.82) is 0 Å². The number of phenolic OH excluding ortho intramolecular Hbond substituents is 2. The van der Waals surface area contributed by atoms with Gasteiger partial charge in [-0.1, -0.05) is 23.6 Å². The van der Waals surface area contributed by atoms with Crippen molar-refractivity contribution >= 4 is 12.4 Å². The van der Waals surface area contributed by atoms with Gasteiger partial charge in [-0.2, -0.15) is 0 Å². The van der Waals surface area contributed by atoms with Crippen molar-refractivity contribution in [2.24, 2.45) is 9.98 Å². The molecule has 10 heteroatoms. The van der Waals surface area contributed by atoms with E-state index in [1.54, 1.807) is 12.1 Å². The second-order valence-corrected chi connectivity index (χ2v) is 6.01. The number of phenols is 2. The molecule has 8 nitrogen and oxygen atoms in total. The first-order chi connectivity index (χ1) is 13.6. The number of aliphatic imine (C=N–C) groups is 2. The average Bonchev–Trinajstić information content (AvgIpc) is 2.65. The second-order valence-electron chi connectivity index (χ2n) is 6.01. The molecular weight excluding hydrogens is 496 g/mol. The van der Waals surface area contributed by atoms with E-state index in [9.17, 15) is 20.4 Å². The van der Waals surface area contributed by atoms with Crippen molar-refractivity contribution < 1.29 is 54.5 Å². The molecule has 0 atom stereocenters. The Bertz CT molecular complexity index is 754. The molecule has 0 aliphatic heterocycles. The second kappa shape index (κ2) is 15.7. The Morgan fingerprint density at radius 3 is 1.50 bits per heavy atom. The molecule has 2 rings (SSSR count). The van der Waals surface area contributed by atoms with Gasteiger partial charge in [0, 0.05) is 38.6 Å². The fourth-order valence-corrected chi connectivity index (χ4v) is 2.30. The predicted molar refractivity (Wildman–Crippen MR) is 106 cm³/mol. The number of hydrogen-bond donors (Lipinski definition) is 4. The minimum Gasteiger partial charge on any atom is -1.00 e. The fraction of sp³-hybridized carbons (Fsp3) is 0.300. The van der Waals surface area contributed by atoms with Crippen molar-refractivity contribution in [3.8, 4) is 23.0 Å². The molecule has 0 saturated heterocycles. The SMILES string of the molecule is [Br-].[Fe+5].[O-]c1cc(O)ccc1C=NCCNCCNCCN=Cc1ccc(O)cc1[O-]. The van der Waals surface area contributed by atoms with Crippen LogP contribution >= 0.6 is 0 Å². The predicted octanol–water partition coefficient (Wildman–Crippen LogP) is -3.04. The summed E-state index contributed by atoms with van der Waals surface area (Å²) >= 11 is 0. The summed E-state index contributed by atoms with van der Waals surface area (Å²) in [6.45, 7) is 4.02. The standard InChI is InChI=1S/C20H26N4O4.BrH.Fe/c25-17-3-1-15(19(27)11-17)13-23-9-7-21-5-6-22-8-10-24-14-16-2-4-18(26)12-20(16)28;;/h1-4,11-14,21-22,25-28H,5-10H2;1H;/q;;+5/p-3. The van der Waals surface area contributed by atoms with Crippen molar-refractivity contribution in [2.75, 3.05) is 39.3 Å². The molecule has 0 spiro atoms. The van der Waals surface area contributed by atoms with Gasteiger partial charge in [-0.3, -0.25) is 9.98 Å². The van der Waals surface area contributed by atoms with Gasteiger partial charge < -0.3 is 48.0 Å². The van der Waals surface area contributed by atoms with Gasteiger partial charge in [-0.25, -0.2) is 0 Å². The quantitative estimate of drug-likeness (QED) is 0.142. The van der Waals surface area contributed by atoms with Gasteiger partial charge in [-0.05, 0) is 35.4 Å². The van der Waals surface area contributed by atoms with Crippen LogP contribution in [0.15, 0.2) is 46.4 Å². The summed E-state index contributed by atoms with van der Waals surface area (Å²) in [7, 11) is 0. The van der Waals surface area contributed by atoms with E-state index in [4.69, 9.17) is 0 Å². The van der Waals surface area contributed by atoms with Crippen LogP contribution < -0.4 is 37.8 Å². The minimum absolute atomic E-state index is 0. The molecule has 4 N–H and O–H groups in total. The molecule has 0 fully saturated rings. The summed E-state index contributed by atoms with van der Waals surface area (Å²) in [5.41, 5.74) is 0.910. The molecule has 0 amide bonds. The largest absolute Gasteiger partial charge is 5.00 e. The zero-order valence-electron chi connectivity index (χ0n) is 16.2. The summed E-state index contributed by atoms with van der Waals surface area (Å²) < 4.78 is 0. The Balaban J connectivity index is 0.00000420. The van der Waals surface area contributed by atoms with Crippen LogP contribution in [0.5, 0.6) is 23.0 Å². The van der Waals surface area contributed by atoms with Crippen molar-refractivity contribution in [3.05, 3.63) is 47.5 Å². The number of nitrogens with one attached hydrogen (secondary N) is 2. The van der Waals surface area contributed by atoms with Crippen LogP contribution in [0.3, 0.4) is 0 Å². The third-order valence-corrected chi connectivity index (χ3v) is 3.77. The Morgan fingerprint density at radius 1 is 0.733 bits per heavy atom. The van der Waals surface area contributed by atoms with Crippen molar-refractivity contribution in [2.45, 2.75) is 0 Å². The number of aromatic hydroxyl groups is 2. The summed E-state index contributed by atoms with van der Waals surface area (Å²) in [6.07, 6.45) is 3.03. The third-order valence-electron chi connectivity index (χ3n) is 3.77. The normalized spacial score (nSPS) is 10.8. The maximum absolute atomic E-state index is 11.6. The smallest absolute Gasteiger partial charge is 1.00 e. The summed E-state index contributed by atoms with van der Waals surface area (Å²) in [6, 6.07) is 8.34. The molecule has 1 radical (unpaired) electrons. The van der Waals surface area contributed by atoms with Crippen LogP contribution in [0, 0.1) is 0 Å². The van der Waals surface area contributed by atoms with Gasteiger partial charge in [0.25, 0.3) is 0 Å². The Hall–Kier alpha value is -2.10. The third kappa shape index (κ3) is 10.6. The Morgan fingerprint density at radius 2 is 1.13 bits per heavy atom. The van der Waals surface area contributed by atoms with Crippen LogP contribution in [-0.2, 0) is 17.1 Å². The van der Waals surface area contributed by atoms with E-state index < -0.39 is 0 Å². The molecule has 0 aliphatic rings. The van der Waals surface area contributed by atoms with Crippen LogP contribution in [0.2, 0.25) is 0 Å². The zero-order valence-corrected chi connectivity index (χ0v) is 18.9. The van der Waals surface area contributed by atoms with E-state index in [0.29, 0.717) is 37.3 Å².